The maximum absolute atomic E-state index is 10.3. The first kappa shape index (κ1) is 25.9. The van der Waals surface area contributed by atoms with Gasteiger partial charge in [0.15, 0.2) is 0 Å². The van der Waals surface area contributed by atoms with Gasteiger partial charge in [0.25, 0.3) is 0 Å². The van der Waals surface area contributed by atoms with Gasteiger partial charge in [-0.05, 0) is 30.0 Å². The van der Waals surface area contributed by atoms with Crippen molar-refractivity contribution in [2.75, 3.05) is 13.7 Å². The number of aliphatic carboxylic acids is 1. The molecule has 163 valence electrons. The number of fused-ring (bicyclic) bond motifs is 1. The molecule has 0 amide bonds. The van der Waals surface area contributed by atoms with Crippen molar-refractivity contribution < 1.29 is 19.7 Å². The second-order valence-corrected chi connectivity index (χ2v) is 7.16. The lowest BCUT2D eigenvalue weighted by molar-refractivity contribution is -0.137. The van der Waals surface area contributed by atoms with Crippen LogP contribution in [0.2, 0.25) is 12.1 Å². The number of benzene rings is 2. The Kier molecular flexibility index (Phi) is 13.6. The highest BCUT2D eigenvalue weighted by atomic mass is 16.5. The van der Waals surface area contributed by atoms with E-state index in [9.17, 15) is 9.90 Å². The van der Waals surface area contributed by atoms with Gasteiger partial charge >= 0.3 is 5.97 Å². The number of unbranched alkanes of at least 4 members (excludes halogenated alkanes) is 1. The van der Waals surface area contributed by atoms with Crippen molar-refractivity contribution in [1.29, 1.82) is 0 Å². The summed E-state index contributed by atoms with van der Waals surface area (Å²) < 4.78 is 5.13. The molecule has 0 spiro atoms. The lowest BCUT2D eigenvalue weighted by Crippen LogP contribution is -2.21. The molecule has 2 N–H and O–H groups in total. The van der Waals surface area contributed by atoms with Crippen LogP contribution in [0.3, 0.4) is 0 Å². The molecule has 0 aromatic heterocycles. The quantitative estimate of drug-likeness (QED) is 0.337. The molecule has 3 rings (SSSR count). The third-order valence-corrected chi connectivity index (χ3v) is 5.08. The number of rotatable bonds is 8. The minimum Gasteiger partial charge on any atom is -0.481 e. The Balaban J connectivity index is 0.000000313. The van der Waals surface area contributed by atoms with Crippen molar-refractivity contribution in [3.05, 3.63) is 60.7 Å². The van der Waals surface area contributed by atoms with E-state index < -0.39 is 5.97 Å². The number of methoxy groups -OCH3 is 1. The van der Waals surface area contributed by atoms with Gasteiger partial charge in [0, 0.05) is 19.4 Å². The summed E-state index contributed by atoms with van der Waals surface area (Å²) in [5.41, 5.74) is 0. The summed E-state index contributed by atoms with van der Waals surface area (Å²) in [6, 6.07) is 16.7. The normalized spacial score (nSPS) is 20.1. The summed E-state index contributed by atoms with van der Waals surface area (Å²) in [5.74, 6) is -0.176. The lowest BCUT2D eigenvalue weighted by Gasteiger charge is -2.20. The average Bonchev–Trinajstić information content (AvgIpc) is 3.12. The summed E-state index contributed by atoms with van der Waals surface area (Å²) in [6.07, 6.45) is 7.19. The standard InChI is InChI=1S/C13H22BO4.C10H8.C2H6/c1-18-9-10-11(14-8-12(10)15)6-4-2-3-5-7-13(16)17;1-2-6-10-8-4-3-7-9(10)5-1;1-2/h2,4,10-12,15H,3,5-9H2,1H3,(H,16,17);1-8H;1-2H3/t10-,11-,12-;;/m1../s1. The second kappa shape index (κ2) is 15.7. The molecule has 0 unspecified atom stereocenters. The summed E-state index contributed by atoms with van der Waals surface area (Å²) >= 11 is 0. The van der Waals surface area contributed by atoms with Gasteiger partial charge in [0.05, 0.1) is 12.7 Å². The van der Waals surface area contributed by atoms with Gasteiger partial charge in [-0.25, -0.2) is 0 Å². The molecular formula is C25H36BO4. The molecule has 5 heteroatoms. The Bertz CT molecular complexity index is 681. The molecule has 1 fully saturated rings. The molecule has 0 bridgehead atoms. The molecule has 2 aromatic rings. The topological polar surface area (TPSA) is 66.8 Å². The zero-order chi connectivity index (χ0) is 22.2. The van der Waals surface area contributed by atoms with Crippen LogP contribution in [0.5, 0.6) is 0 Å². The van der Waals surface area contributed by atoms with Crippen molar-refractivity contribution in [1.82, 2.24) is 0 Å². The lowest BCUT2D eigenvalue weighted by atomic mass is 9.64. The number of carboxylic acids is 1. The third kappa shape index (κ3) is 9.60. The van der Waals surface area contributed by atoms with Crippen molar-refractivity contribution in [2.45, 2.75) is 57.8 Å². The molecule has 30 heavy (non-hydrogen) atoms. The molecule has 1 aliphatic rings. The average molecular weight is 411 g/mol. The van der Waals surface area contributed by atoms with Crippen LogP contribution in [0.1, 0.15) is 39.5 Å². The molecule has 0 aliphatic carbocycles. The fraction of sp³-hybridized carbons (Fsp3) is 0.480. The first-order valence-corrected chi connectivity index (χ1v) is 10.9. The third-order valence-electron chi connectivity index (χ3n) is 5.08. The van der Waals surface area contributed by atoms with Crippen LogP contribution >= 0.6 is 0 Å². The van der Waals surface area contributed by atoms with E-state index in [1.54, 1.807) is 7.11 Å². The summed E-state index contributed by atoms with van der Waals surface area (Å²) in [5, 5.41) is 20.9. The SMILES string of the molecule is CC.COC[C@H]1[C@H](O)C[B][C@@H]1CC=CCCCC(=O)O.c1ccc2ccccc2c1. The maximum Gasteiger partial charge on any atom is 0.303 e. The van der Waals surface area contributed by atoms with Crippen molar-refractivity contribution in [2.24, 2.45) is 5.92 Å². The molecule has 1 heterocycles. The zero-order valence-corrected chi connectivity index (χ0v) is 18.5. The highest BCUT2D eigenvalue weighted by Crippen LogP contribution is 2.35. The molecule has 0 saturated carbocycles. The van der Waals surface area contributed by atoms with E-state index in [0.717, 1.165) is 19.2 Å². The van der Waals surface area contributed by atoms with Crippen LogP contribution in [0.25, 0.3) is 10.8 Å². The van der Waals surface area contributed by atoms with Gasteiger partial charge in [0.2, 0.25) is 0 Å². The fourth-order valence-electron chi connectivity index (χ4n) is 3.52. The summed E-state index contributed by atoms with van der Waals surface area (Å²) in [7, 11) is 3.82. The van der Waals surface area contributed by atoms with Gasteiger partial charge in [-0.1, -0.05) is 86.7 Å². The van der Waals surface area contributed by atoms with E-state index in [0.29, 0.717) is 18.8 Å². The minimum atomic E-state index is -0.740. The highest BCUT2D eigenvalue weighted by molar-refractivity contribution is 6.39. The Hall–Kier alpha value is -2.11. The van der Waals surface area contributed by atoms with Gasteiger partial charge in [-0.3, -0.25) is 4.79 Å². The first-order valence-electron chi connectivity index (χ1n) is 10.9. The second-order valence-electron chi connectivity index (χ2n) is 7.16. The largest absolute Gasteiger partial charge is 0.481 e. The molecule has 1 radical (unpaired) electrons. The molecule has 1 saturated heterocycles. The molecule has 3 atom stereocenters. The van der Waals surface area contributed by atoms with E-state index in [2.05, 4.69) is 61.9 Å². The number of carbonyl (C=O) groups is 1. The van der Waals surface area contributed by atoms with Crippen LogP contribution in [0, 0.1) is 5.92 Å². The fourth-order valence-corrected chi connectivity index (χ4v) is 3.52. The summed E-state index contributed by atoms with van der Waals surface area (Å²) in [6.45, 7) is 4.59. The predicted octanol–water partition coefficient (Wildman–Crippen LogP) is 5.60. The first-order chi connectivity index (χ1) is 14.6. The van der Waals surface area contributed by atoms with Gasteiger partial charge < -0.3 is 14.9 Å². The number of ether oxygens (including phenoxy) is 1. The van der Waals surface area contributed by atoms with Crippen LogP contribution in [0.4, 0.5) is 0 Å². The highest BCUT2D eigenvalue weighted by Gasteiger charge is 2.34. The molecule has 2 aromatic carbocycles. The van der Waals surface area contributed by atoms with E-state index in [1.165, 1.54) is 10.8 Å². The number of carboxylic acid groups (broad SMARTS) is 1. The Labute approximate surface area is 182 Å². The minimum absolute atomic E-state index is 0.193. The Morgan fingerprint density at radius 1 is 1.10 bits per heavy atom. The summed E-state index contributed by atoms with van der Waals surface area (Å²) in [4.78, 5) is 10.3. The van der Waals surface area contributed by atoms with Crippen molar-refractivity contribution in [3.63, 3.8) is 0 Å². The van der Waals surface area contributed by atoms with Crippen LogP contribution < -0.4 is 0 Å². The number of hydrogen-bond acceptors (Lipinski definition) is 3. The Morgan fingerprint density at radius 2 is 1.67 bits per heavy atom. The van der Waals surface area contributed by atoms with Crippen LogP contribution in [-0.4, -0.2) is 43.3 Å². The van der Waals surface area contributed by atoms with E-state index >= 15 is 0 Å². The predicted molar refractivity (Wildman–Crippen MR) is 126 cm³/mol. The number of aliphatic hydroxyl groups is 1. The van der Waals surface area contributed by atoms with Gasteiger partial charge in [-0.2, -0.15) is 0 Å². The van der Waals surface area contributed by atoms with Gasteiger partial charge in [-0.15, -0.1) is 0 Å². The van der Waals surface area contributed by atoms with E-state index in [1.807, 2.05) is 19.9 Å². The van der Waals surface area contributed by atoms with Crippen LogP contribution in [-0.2, 0) is 9.53 Å². The zero-order valence-electron chi connectivity index (χ0n) is 18.5. The Morgan fingerprint density at radius 3 is 2.17 bits per heavy atom. The van der Waals surface area contributed by atoms with Crippen LogP contribution in [0.15, 0.2) is 60.7 Å². The number of hydrogen-bond donors (Lipinski definition) is 2. The number of allylic oxidation sites excluding steroid dienone is 2. The monoisotopic (exact) mass is 411 g/mol. The molecule has 4 nitrogen and oxygen atoms in total. The van der Waals surface area contributed by atoms with Crippen molar-refractivity contribution in [3.8, 4) is 0 Å². The number of aliphatic hydroxyl groups excluding tert-OH is 1. The smallest absolute Gasteiger partial charge is 0.303 e. The van der Waals surface area contributed by atoms with E-state index in [4.69, 9.17) is 9.84 Å². The molecular weight excluding hydrogens is 375 g/mol. The van der Waals surface area contributed by atoms with Gasteiger partial charge in [0.1, 0.15) is 7.28 Å². The van der Waals surface area contributed by atoms with Crippen molar-refractivity contribution >= 4 is 24.0 Å². The molecule has 1 aliphatic heterocycles. The maximum atomic E-state index is 10.3. The van der Waals surface area contributed by atoms with E-state index in [-0.39, 0.29) is 18.4 Å².